The van der Waals surface area contributed by atoms with Crippen LogP contribution >= 0.6 is 11.8 Å². The number of aliphatic carboxylic acids is 3. The van der Waals surface area contributed by atoms with E-state index in [0.717, 1.165) is 30.5 Å². The minimum Gasteiger partial charge on any atom is -0.508 e. The van der Waals surface area contributed by atoms with Crippen LogP contribution in [0.1, 0.15) is 137 Å². The summed E-state index contributed by atoms with van der Waals surface area (Å²) < 4.78 is 0. The van der Waals surface area contributed by atoms with Crippen molar-refractivity contribution in [3.8, 4) is 11.5 Å². The summed E-state index contributed by atoms with van der Waals surface area (Å²) in [6.07, 6.45) is -8.54. The quantitative estimate of drug-likeness (QED) is 0.0183. The number of hydrogen-bond donors (Lipinski definition) is 25. The first kappa shape index (κ1) is 111. The van der Waals surface area contributed by atoms with Gasteiger partial charge in [0.05, 0.1) is 67.4 Å². The van der Waals surface area contributed by atoms with Crippen LogP contribution in [0.2, 0.25) is 0 Å². The minimum absolute atomic E-state index is 0.0661. The number of fused-ring (bicyclic) bond motifs is 1. The molecule has 47 nitrogen and oxygen atoms in total. The molecule has 4 aromatic carbocycles. The van der Waals surface area contributed by atoms with E-state index in [4.69, 9.17) is 5.73 Å². The van der Waals surface area contributed by atoms with E-state index >= 15 is 0 Å². The normalized spacial score (nSPS) is 15.1. The summed E-state index contributed by atoms with van der Waals surface area (Å²) in [7, 11) is 0. The number of aliphatic hydroxyl groups is 4. The van der Waals surface area contributed by atoms with Crippen molar-refractivity contribution < 1.29 is 147 Å². The number of aromatic hydroxyl groups is 2. The van der Waals surface area contributed by atoms with E-state index in [9.17, 15) is 147 Å². The first-order valence-electron chi connectivity index (χ1n) is 42.8. The summed E-state index contributed by atoms with van der Waals surface area (Å²) in [5.41, 5.74) is 6.49. The van der Waals surface area contributed by atoms with Crippen molar-refractivity contribution >= 4 is 136 Å². The Balaban J connectivity index is 1.28. The van der Waals surface area contributed by atoms with Gasteiger partial charge in [-0.15, -0.1) is 11.8 Å². The summed E-state index contributed by atoms with van der Waals surface area (Å²) in [6.45, 7) is 6.16. The number of phenolic OH excluding ortho intramolecular Hbond substituents is 2. The summed E-state index contributed by atoms with van der Waals surface area (Å²) >= 11 is 0.783. The summed E-state index contributed by atoms with van der Waals surface area (Å²) in [5.74, 6) is -26.1. The number of carboxylic acids is 3. The number of nitrogens with two attached hydrogens (primary N) is 1. The molecule has 0 fully saturated rings. The maximum absolute atomic E-state index is 14.7. The number of benzene rings is 4. The average molecular weight is 1910 g/mol. The molecule has 0 saturated carbocycles. The van der Waals surface area contributed by atoms with Crippen molar-refractivity contribution in [1.82, 2.24) is 84.7 Å². The van der Waals surface area contributed by atoms with Gasteiger partial charge in [-0.3, -0.25) is 106 Å². The SMILES string of the molecule is CC[C@H](C)[C@H](NC(=O)[C@H](CO)NC(=O)[C@H](Cc1ccc(O)cc1)NC(=O)[C@H](CC(=O)O)NC(=O)[C@H](CO)NC(=O)[C@@H](NC(=O)[C@H](Cc1ccccc1)NC(=O)[C@@H](NC(=O)CNC(=O)[C@H](CCC(=O)O)NC(=O)CSCC(=O)NCCN1C(=O)c2ccccc2C1=O)[C@@H](C)O)[C@@H](C)O)C(=O)N[C@@H](Cc1ccc(O)cc1)C(=O)N[C@@H](CC(C)C)C(=O)N[C@@H](CC(=O)O)C(=O)N[C@H](C)CCC(N)=O. The predicted octanol–water partition coefficient (Wildman–Crippen LogP) is -6.37. The molecule has 135 heavy (non-hydrogen) atoms. The van der Waals surface area contributed by atoms with E-state index in [-0.39, 0.29) is 85.1 Å². The molecule has 0 aliphatic carbocycles. The van der Waals surface area contributed by atoms with Crippen molar-refractivity contribution in [2.45, 2.75) is 210 Å². The van der Waals surface area contributed by atoms with Gasteiger partial charge in [-0.2, -0.15) is 0 Å². The lowest BCUT2D eigenvalue weighted by atomic mass is 9.96. The summed E-state index contributed by atoms with van der Waals surface area (Å²) in [6, 6.07) is 1.07. The fourth-order valence-electron chi connectivity index (χ4n) is 13.3. The highest BCUT2D eigenvalue weighted by Crippen LogP contribution is 2.23. The number of imide groups is 1. The second-order valence-corrected chi connectivity index (χ2v) is 33.3. The third-order valence-electron chi connectivity index (χ3n) is 20.8. The maximum Gasteiger partial charge on any atom is 0.305 e. The standard InChI is InChI=1S/C87H117N17O30S/c1-8-44(4)71(83(130)97-58(35-50-21-25-52(110)26-22-50)77(124)93-56(32-43(2)3)76(123)95-60(36-69(117)118)75(122)91-45(5)18-28-64(88)111)102-82(129)63(40-106)99-78(125)57(34-49-19-23-51(109)24-20-49)94-79(126)61(37-70(119)120)96-81(128)62(39-105)100-85(132)73(47(7)108)103-80(127)59(33-48-14-10-9-11-15-48)98-84(131)72(46(6)107)101-65(112)38-90-74(121)55(27-29-68(115)116)92-67(114)42-135-41-66(113)89-30-31-104-86(133)53-16-12-13-17-54(53)87(104)134/h9-17,19-26,43-47,55-63,71-73,105-110H,8,18,27-42H2,1-7H3,(H2,88,111)(H,89,113)(H,90,121)(H,91,122)(H,92,114)(H,93,124)(H,94,126)(H,95,123)(H,96,128)(H,97,130)(H,98,131)(H,99,125)(H,100,132)(H,101,112)(H,102,129)(H,103,127)(H,115,116)(H,117,118)(H,119,120)/t44-,45+,46+,47+,55-,56-,57-,58-,59-,60-,61-,62-,63-,71-,72-,73-/m0/s1. The zero-order chi connectivity index (χ0) is 101. The Hall–Kier alpha value is -14.3. The summed E-state index contributed by atoms with van der Waals surface area (Å²) in [4.78, 5) is 283. The van der Waals surface area contributed by atoms with E-state index in [1.54, 1.807) is 39.0 Å². The van der Waals surface area contributed by atoms with Crippen molar-refractivity contribution in [2.75, 3.05) is 44.4 Å². The van der Waals surface area contributed by atoms with Gasteiger partial charge in [0.2, 0.25) is 94.5 Å². The number of carbonyl (C=O) groups is 21. The van der Waals surface area contributed by atoms with Crippen molar-refractivity contribution in [1.29, 1.82) is 0 Å². The number of carboxylic acid groups (broad SMARTS) is 3. The molecule has 1 aliphatic rings. The van der Waals surface area contributed by atoms with E-state index in [0.29, 0.717) is 11.1 Å². The van der Waals surface area contributed by atoms with Gasteiger partial charge in [-0.25, -0.2) is 0 Å². The van der Waals surface area contributed by atoms with Gasteiger partial charge < -0.3 is 131 Å². The van der Waals surface area contributed by atoms with Crippen LogP contribution in [-0.2, 0) is 110 Å². The number of aliphatic hydroxyl groups excluding tert-OH is 4. The Kier molecular flexibility index (Phi) is 45.6. The largest absolute Gasteiger partial charge is 0.508 e. The molecule has 18 amide bonds. The van der Waals surface area contributed by atoms with Crippen LogP contribution in [0.5, 0.6) is 11.5 Å². The molecule has 16 atom stereocenters. The Labute approximate surface area is 778 Å². The Bertz CT molecular complexity index is 4840. The molecule has 0 spiro atoms. The number of carbonyl (C=O) groups excluding carboxylic acids is 18. The van der Waals surface area contributed by atoms with Gasteiger partial charge in [0.1, 0.15) is 84.0 Å². The van der Waals surface area contributed by atoms with Crippen LogP contribution in [0.25, 0.3) is 0 Å². The van der Waals surface area contributed by atoms with Gasteiger partial charge in [-0.05, 0) is 105 Å². The van der Waals surface area contributed by atoms with Crippen LogP contribution in [0, 0.1) is 11.8 Å². The molecular formula is C87H117N17O30S. The Morgan fingerprint density at radius 2 is 0.770 bits per heavy atom. The number of primary amides is 1. The molecule has 0 unspecified atom stereocenters. The highest BCUT2D eigenvalue weighted by molar-refractivity contribution is 8.00. The molecule has 0 saturated heterocycles. The molecule has 0 radical (unpaired) electrons. The molecule has 5 rings (SSSR count). The highest BCUT2D eigenvalue weighted by Gasteiger charge is 2.41. The van der Waals surface area contributed by atoms with Crippen molar-refractivity contribution in [3.63, 3.8) is 0 Å². The molecule has 0 bridgehead atoms. The van der Waals surface area contributed by atoms with Crippen LogP contribution in [-0.4, -0.2) is 310 Å². The van der Waals surface area contributed by atoms with Crippen LogP contribution < -0.4 is 85.5 Å². The maximum atomic E-state index is 14.7. The molecular weight excluding hydrogens is 1800 g/mol. The third kappa shape index (κ3) is 37.7. The molecule has 1 aliphatic heterocycles. The first-order valence-corrected chi connectivity index (χ1v) is 44.0. The number of amides is 18. The molecule has 26 N–H and O–H groups in total. The van der Waals surface area contributed by atoms with E-state index < -0.39 is 285 Å². The molecule has 1 heterocycles. The second kappa shape index (κ2) is 55.3. The summed E-state index contributed by atoms with van der Waals surface area (Å²) in [5, 5.41) is 128. The van der Waals surface area contributed by atoms with Crippen LogP contribution in [0.15, 0.2) is 103 Å². The Morgan fingerprint density at radius 1 is 0.385 bits per heavy atom. The van der Waals surface area contributed by atoms with Gasteiger partial charge >= 0.3 is 17.9 Å². The zero-order valence-electron chi connectivity index (χ0n) is 74.9. The van der Waals surface area contributed by atoms with Gasteiger partial charge in [0, 0.05) is 51.2 Å². The van der Waals surface area contributed by atoms with Crippen molar-refractivity contribution in [2.24, 2.45) is 17.6 Å². The topological polar surface area (TPSA) is 750 Å². The van der Waals surface area contributed by atoms with Crippen LogP contribution in [0.3, 0.4) is 0 Å². The highest BCUT2D eigenvalue weighted by atomic mass is 32.2. The van der Waals surface area contributed by atoms with Gasteiger partial charge in [0.25, 0.3) is 11.8 Å². The first-order chi connectivity index (χ1) is 63.7. The number of thioether (sulfide) groups is 1. The zero-order valence-corrected chi connectivity index (χ0v) is 75.7. The lowest BCUT2D eigenvalue weighted by molar-refractivity contribution is -0.142. The lowest BCUT2D eigenvalue weighted by Gasteiger charge is -2.30. The monoisotopic (exact) mass is 1910 g/mol. The van der Waals surface area contributed by atoms with E-state index in [1.807, 2.05) is 0 Å². The molecule has 736 valence electrons. The number of hydrogen-bond acceptors (Lipinski definition) is 28. The molecule has 0 aromatic heterocycles. The number of phenols is 2. The third-order valence-corrected chi connectivity index (χ3v) is 21.7. The molecule has 48 heteroatoms. The van der Waals surface area contributed by atoms with Crippen LogP contribution in [0.4, 0.5) is 0 Å². The fraction of sp³-hybridized carbons (Fsp3) is 0.483. The minimum atomic E-state index is -2.24. The molecule has 4 aromatic rings. The smallest absolute Gasteiger partial charge is 0.305 e. The fourth-order valence-corrected chi connectivity index (χ4v) is 14.0. The lowest BCUT2D eigenvalue weighted by Crippen LogP contribution is -2.63. The Morgan fingerprint density at radius 3 is 1.23 bits per heavy atom. The van der Waals surface area contributed by atoms with Gasteiger partial charge in [0.15, 0.2) is 0 Å². The number of rotatable bonds is 58. The predicted molar refractivity (Wildman–Crippen MR) is 476 cm³/mol. The average Bonchev–Trinajstić information content (AvgIpc) is 1.64. The van der Waals surface area contributed by atoms with Gasteiger partial charge in [-0.1, -0.05) is 101 Å². The number of nitrogens with one attached hydrogen (secondary N) is 15. The second-order valence-electron chi connectivity index (χ2n) is 32.3. The van der Waals surface area contributed by atoms with Crippen molar-refractivity contribution in [3.05, 3.63) is 131 Å². The van der Waals surface area contributed by atoms with E-state index in [2.05, 4.69) is 79.8 Å². The van der Waals surface area contributed by atoms with E-state index in [1.165, 1.54) is 98.8 Å². The number of nitrogens with zero attached hydrogens (tertiary/aromatic N) is 1.